The summed E-state index contributed by atoms with van der Waals surface area (Å²) >= 11 is 0. The number of aromatic nitrogens is 1. The lowest BCUT2D eigenvalue weighted by molar-refractivity contribution is -0.137. The van der Waals surface area contributed by atoms with Gasteiger partial charge in [-0.2, -0.15) is 0 Å². The van der Waals surface area contributed by atoms with Gasteiger partial charge in [-0.15, -0.1) is 0 Å². The summed E-state index contributed by atoms with van der Waals surface area (Å²) in [7, 11) is 3.65. The molecular weight excluding hydrogens is 344 g/mol. The Labute approximate surface area is 160 Å². The number of carbonyl (C=O) groups excluding carboxylic acids is 1. The van der Waals surface area contributed by atoms with E-state index in [1.54, 1.807) is 14.0 Å². The molecule has 1 amide bonds. The molecular formula is C21H30N2O4. The van der Waals surface area contributed by atoms with E-state index in [-0.39, 0.29) is 12.3 Å². The van der Waals surface area contributed by atoms with Gasteiger partial charge in [-0.1, -0.05) is 19.3 Å². The van der Waals surface area contributed by atoms with Crippen molar-refractivity contribution >= 4 is 28.5 Å². The van der Waals surface area contributed by atoms with Gasteiger partial charge in [0.15, 0.2) is 0 Å². The summed E-state index contributed by atoms with van der Waals surface area (Å²) in [5.74, 6) is 0.0650. The Kier molecular flexibility index (Phi) is 7.28. The molecule has 0 aliphatic heterocycles. The van der Waals surface area contributed by atoms with E-state index in [0.29, 0.717) is 13.0 Å². The predicted molar refractivity (Wildman–Crippen MR) is 108 cm³/mol. The number of hydrogen-bond acceptors (Lipinski definition) is 3. The van der Waals surface area contributed by atoms with Crippen LogP contribution in [-0.4, -0.2) is 35.2 Å². The lowest BCUT2D eigenvalue weighted by atomic mass is 10.1. The normalized spacial score (nSPS) is 11.0. The molecule has 0 bridgehead atoms. The van der Waals surface area contributed by atoms with Crippen molar-refractivity contribution in [2.24, 2.45) is 7.05 Å². The fourth-order valence-corrected chi connectivity index (χ4v) is 3.50. The summed E-state index contributed by atoms with van der Waals surface area (Å²) in [6.45, 7) is 4.29. The number of carboxylic acids is 1. The molecule has 0 atom stereocenters. The van der Waals surface area contributed by atoms with Crippen LogP contribution in [0.5, 0.6) is 5.75 Å². The van der Waals surface area contributed by atoms with Crippen LogP contribution in [0, 0.1) is 6.92 Å². The summed E-state index contributed by atoms with van der Waals surface area (Å²) in [6.07, 6.45) is 4.73. The molecule has 2 rings (SSSR count). The number of amides is 1. The number of carbonyl (C=O) groups is 2. The second-order valence-corrected chi connectivity index (χ2v) is 6.96. The zero-order chi connectivity index (χ0) is 20.0. The molecule has 1 heterocycles. The smallest absolute Gasteiger partial charge is 0.303 e. The number of aliphatic carboxylic acids is 1. The van der Waals surface area contributed by atoms with Gasteiger partial charge in [0, 0.05) is 38.0 Å². The van der Waals surface area contributed by atoms with E-state index in [9.17, 15) is 9.59 Å². The van der Waals surface area contributed by atoms with Gasteiger partial charge in [0.25, 0.3) is 0 Å². The minimum absolute atomic E-state index is 0.0271. The minimum Gasteiger partial charge on any atom is -0.497 e. The maximum Gasteiger partial charge on any atom is 0.303 e. The van der Waals surface area contributed by atoms with Gasteiger partial charge < -0.3 is 19.3 Å². The van der Waals surface area contributed by atoms with Gasteiger partial charge in [-0.05, 0) is 38.0 Å². The van der Waals surface area contributed by atoms with Crippen molar-refractivity contribution in [2.75, 3.05) is 18.6 Å². The molecule has 0 saturated heterocycles. The Bertz CT molecular complexity index is 810. The fraction of sp³-hybridized carbons (Fsp3) is 0.524. The third-order valence-electron chi connectivity index (χ3n) is 5.09. The zero-order valence-corrected chi connectivity index (χ0v) is 16.7. The predicted octanol–water partition coefficient (Wildman–Crippen LogP) is 4.27. The van der Waals surface area contributed by atoms with Gasteiger partial charge in [0.1, 0.15) is 5.75 Å². The highest BCUT2D eigenvalue weighted by Gasteiger charge is 2.21. The number of fused-ring (bicyclic) bond motifs is 1. The number of ether oxygens (including phenoxy) is 1. The summed E-state index contributed by atoms with van der Waals surface area (Å²) < 4.78 is 7.47. The molecule has 148 valence electrons. The van der Waals surface area contributed by atoms with Crippen LogP contribution in [0.15, 0.2) is 18.2 Å². The van der Waals surface area contributed by atoms with E-state index in [1.165, 1.54) is 0 Å². The van der Waals surface area contributed by atoms with Gasteiger partial charge in [-0.25, -0.2) is 0 Å². The van der Waals surface area contributed by atoms with Crippen LogP contribution in [0.4, 0.5) is 5.69 Å². The molecule has 6 nitrogen and oxygen atoms in total. The van der Waals surface area contributed by atoms with Gasteiger partial charge in [-0.3, -0.25) is 9.59 Å². The molecule has 1 aromatic carbocycles. The number of rotatable bonds is 10. The van der Waals surface area contributed by atoms with Crippen molar-refractivity contribution in [3.8, 4) is 5.75 Å². The molecule has 0 radical (unpaired) electrons. The summed E-state index contributed by atoms with van der Waals surface area (Å²) in [5.41, 5.74) is 3.07. The molecule has 6 heteroatoms. The van der Waals surface area contributed by atoms with Gasteiger partial charge >= 0.3 is 5.97 Å². The van der Waals surface area contributed by atoms with Crippen molar-refractivity contribution < 1.29 is 19.4 Å². The first-order chi connectivity index (χ1) is 12.9. The molecule has 27 heavy (non-hydrogen) atoms. The first kappa shape index (κ1) is 20.8. The van der Waals surface area contributed by atoms with Crippen LogP contribution >= 0.6 is 0 Å². The van der Waals surface area contributed by atoms with Gasteiger partial charge in [0.05, 0.1) is 18.3 Å². The van der Waals surface area contributed by atoms with E-state index in [0.717, 1.165) is 53.7 Å². The molecule has 0 aliphatic carbocycles. The standard InChI is InChI=1S/C21H30N2O4/c1-15-21(18-14-17(27-4)11-12-19(18)22(15)3)23(16(2)24)13-9-7-5-6-8-10-20(25)26/h11-12,14H,5-10,13H2,1-4H3,(H,25,26). The number of anilines is 1. The summed E-state index contributed by atoms with van der Waals surface area (Å²) in [5, 5.41) is 9.69. The molecule has 2 aromatic rings. The minimum atomic E-state index is -0.736. The van der Waals surface area contributed by atoms with Crippen LogP contribution < -0.4 is 9.64 Å². The van der Waals surface area contributed by atoms with E-state index >= 15 is 0 Å². The van der Waals surface area contributed by atoms with Gasteiger partial charge in [0.2, 0.25) is 5.91 Å². The first-order valence-corrected chi connectivity index (χ1v) is 9.49. The third-order valence-corrected chi connectivity index (χ3v) is 5.09. The highest BCUT2D eigenvalue weighted by atomic mass is 16.5. The SMILES string of the molecule is COc1ccc2c(c1)c(N(CCCCCCCC(=O)O)C(C)=O)c(C)n2C. The average Bonchev–Trinajstić information content (AvgIpc) is 2.87. The Hall–Kier alpha value is -2.50. The maximum absolute atomic E-state index is 12.4. The van der Waals surface area contributed by atoms with Crippen molar-refractivity contribution in [3.05, 3.63) is 23.9 Å². The number of unbranched alkanes of at least 4 members (excludes halogenated alkanes) is 4. The topological polar surface area (TPSA) is 71.8 Å². The van der Waals surface area contributed by atoms with E-state index in [4.69, 9.17) is 9.84 Å². The molecule has 1 aromatic heterocycles. The number of aryl methyl sites for hydroxylation is 1. The van der Waals surface area contributed by atoms with Crippen LogP contribution in [0.25, 0.3) is 10.9 Å². The molecule has 0 fully saturated rings. The lowest BCUT2D eigenvalue weighted by Gasteiger charge is -2.22. The van der Waals surface area contributed by atoms with Crippen LogP contribution in [0.1, 0.15) is 51.1 Å². The number of hydrogen-bond donors (Lipinski definition) is 1. The van der Waals surface area contributed by atoms with E-state index < -0.39 is 5.97 Å². The van der Waals surface area contributed by atoms with Crippen molar-refractivity contribution in [3.63, 3.8) is 0 Å². The molecule has 0 saturated carbocycles. The number of methoxy groups -OCH3 is 1. The van der Waals surface area contributed by atoms with Crippen LogP contribution in [0.3, 0.4) is 0 Å². The first-order valence-electron chi connectivity index (χ1n) is 9.49. The van der Waals surface area contributed by atoms with Crippen molar-refractivity contribution in [1.29, 1.82) is 0 Å². The Balaban J connectivity index is 2.11. The molecule has 0 unspecified atom stereocenters. The average molecular weight is 374 g/mol. The summed E-state index contributed by atoms with van der Waals surface area (Å²) in [4.78, 5) is 24.8. The van der Waals surface area contributed by atoms with E-state index in [2.05, 4.69) is 4.57 Å². The second kappa shape index (κ2) is 9.44. The largest absolute Gasteiger partial charge is 0.497 e. The monoisotopic (exact) mass is 374 g/mol. The van der Waals surface area contributed by atoms with E-state index in [1.807, 2.05) is 37.1 Å². The number of carboxylic acid groups (broad SMARTS) is 1. The molecule has 0 aliphatic rings. The summed E-state index contributed by atoms with van der Waals surface area (Å²) in [6, 6.07) is 5.94. The van der Waals surface area contributed by atoms with Crippen LogP contribution in [0.2, 0.25) is 0 Å². The number of benzene rings is 1. The highest BCUT2D eigenvalue weighted by Crippen LogP contribution is 2.35. The Morgan fingerprint density at radius 3 is 2.44 bits per heavy atom. The van der Waals surface area contributed by atoms with Crippen molar-refractivity contribution in [1.82, 2.24) is 4.57 Å². The Morgan fingerprint density at radius 1 is 1.15 bits per heavy atom. The Morgan fingerprint density at radius 2 is 1.81 bits per heavy atom. The quantitative estimate of drug-likeness (QED) is 0.630. The maximum atomic E-state index is 12.4. The highest BCUT2D eigenvalue weighted by molar-refractivity contribution is 6.04. The third kappa shape index (κ3) is 5.02. The fourth-order valence-electron chi connectivity index (χ4n) is 3.50. The number of nitrogens with zero attached hydrogens (tertiary/aromatic N) is 2. The molecule has 1 N–H and O–H groups in total. The molecule has 0 spiro atoms. The van der Waals surface area contributed by atoms with Crippen LogP contribution in [-0.2, 0) is 16.6 Å². The van der Waals surface area contributed by atoms with Crippen molar-refractivity contribution in [2.45, 2.75) is 52.4 Å². The second-order valence-electron chi connectivity index (χ2n) is 6.96. The zero-order valence-electron chi connectivity index (χ0n) is 16.7. The lowest BCUT2D eigenvalue weighted by Crippen LogP contribution is -2.30.